The molecule has 0 radical (unpaired) electrons. The highest BCUT2D eigenvalue weighted by Crippen LogP contribution is 2.55. The third kappa shape index (κ3) is 2.28. The summed E-state index contributed by atoms with van der Waals surface area (Å²) in [5, 5.41) is 9.41. The van der Waals surface area contributed by atoms with Crippen LogP contribution in [0.1, 0.15) is 34.1 Å². The number of carboxylic acid groups (broad SMARTS) is 1. The molecule has 0 amide bonds. The minimum absolute atomic E-state index is 0.0131. The lowest BCUT2D eigenvalue weighted by Gasteiger charge is -2.28. The van der Waals surface area contributed by atoms with E-state index in [1.165, 1.54) is 5.57 Å². The predicted octanol–water partition coefficient (Wildman–Crippen LogP) is 2.49. The van der Waals surface area contributed by atoms with E-state index < -0.39 is 17.8 Å². The molecular formula is C15H22O4. The second kappa shape index (κ2) is 4.99. The van der Waals surface area contributed by atoms with Crippen molar-refractivity contribution in [3.8, 4) is 0 Å². The summed E-state index contributed by atoms with van der Waals surface area (Å²) in [5.74, 6) is -1.96. The average Bonchev–Trinajstić information content (AvgIpc) is 2.84. The lowest BCUT2D eigenvalue weighted by atomic mass is 9.76. The number of carboxylic acids is 1. The fraction of sp³-hybridized carbons (Fsp3) is 0.733. The average molecular weight is 266 g/mol. The van der Waals surface area contributed by atoms with E-state index in [9.17, 15) is 14.7 Å². The molecule has 19 heavy (non-hydrogen) atoms. The minimum Gasteiger partial charge on any atom is -0.481 e. The van der Waals surface area contributed by atoms with Crippen molar-refractivity contribution in [1.29, 1.82) is 0 Å². The number of fused-ring (bicyclic) bond motifs is 2. The Morgan fingerprint density at radius 1 is 1.21 bits per heavy atom. The van der Waals surface area contributed by atoms with Gasteiger partial charge in [-0.2, -0.15) is 0 Å². The maximum Gasteiger partial charge on any atom is 0.310 e. The van der Waals surface area contributed by atoms with Gasteiger partial charge in [-0.25, -0.2) is 0 Å². The van der Waals surface area contributed by atoms with Crippen molar-refractivity contribution in [3.63, 3.8) is 0 Å². The van der Waals surface area contributed by atoms with Crippen molar-refractivity contribution in [2.45, 2.75) is 34.1 Å². The van der Waals surface area contributed by atoms with Crippen LogP contribution in [-0.4, -0.2) is 23.7 Å². The molecule has 4 nitrogen and oxygen atoms in total. The van der Waals surface area contributed by atoms with Gasteiger partial charge in [0.15, 0.2) is 0 Å². The first-order chi connectivity index (χ1) is 8.84. The summed E-state index contributed by atoms with van der Waals surface area (Å²) in [6, 6.07) is 0. The fourth-order valence-corrected chi connectivity index (χ4v) is 3.53. The Kier molecular flexibility index (Phi) is 3.70. The number of esters is 1. The SMILES string of the molecule is CC1=C(C)C2CC1C(C(=O)O)C2C(=O)OCC(C)C. The summed E-state index contributed by atoms with van der Waals surface area (Å²) in [5.41, 5.74) is 2.35. The number of rotatable bonds is 4. The largest absolute Gasteiger partial charge is 0.481 e. The predicted molar refractivity (Wildman–Crippen MR) is 70.4 cm³/mol. The normalized spacial score (nSPS) is 33.1. The smallest absolute Gasteiger partial charge is 0.310 e. The van der Waals surface area contributed by atoms with Crippen molar-refractivity contribution in [2.75, 3.05) is 6.61 Å². The molecule has 1 saturated carbocycles. The molecule has 1 N–H and O–H groups in total. The Hall–Kier alpha value is -1.32. The lowest BCUT2D eigenvalue weighted by Crippen LogP contribution is -2.36. The zero-order valence-electron chi connectivity index (χ0n) is 12.0. The van der Waals surface area contributed by atoms with Crippen LogP contribution in [0.15, 0.2) is 11.1 Å². The summed E-state index contributed by atoms with van der Waals surface area (Å²) >= 11 is 0. The Morgan fingerprint density at radius 2 is 1.74 bits per heavy atom. The van der Waals surface area contributed by atoms with E-state index in [-0.39, 0.29) is 23.7 Å². The maximum absolute atomic E-state index is 12.2. The van der Waals surface area contributed by atoms with Crippen LogP contribution in [0, 0.1) is 29.6 Å². The number of ether oxygens (including phenoxy) is 1. The van der Waals surface area contributed by atoms with Crippen LogP contribution < -0.4 is 0 Å². The van der Waals surface area contributed by atoms with Crippen LogP contribution in [-0.2, 0) is 14.3 Å². The molecule has 2 aliphatic carbocycles. The summed E-state index contributed by atoms with van der Waals surface area (Å²) in [4.78, 5) is 23.7. The van der Waals surface area contributed by atoms with Crippen LogP contribution in [0.4, 0.5) is 0 Å². The van der Waals surface area contributed by atoms with Crippen molar-refractivity contribution in [3.05, 3.63) is 11.1 Å². The molecule has 4 atom stereocenters. The molecule has 0 aliphatic heterocycles. The van der Waals surface area contributed by atoms with E-state index in [0.717, 1.165) is 12.0 Å². The van der Waals surface area contributed by atoms with Crippen LogP contribution >= 0.6 is 0 Å². The summed E-state index contributed by atoms with van der Waals surface area (Å²) < 4.78 is 5.28. The van der Waals surface area contributed by atoms with Gasteiger partial charge in [-0.3, -0.25) is 9.59 Å². The van der Waals surface area contributed by atoms with Gasteiger partial charge in [0, 0.05) is 0 Å². The minimum atomic E-state index is -0.870. The molecule has 2 aliphatic rings. The van der Waals surface area contributed by atoms with Gasteiger partial charge in [-0.15, -0.1) is 0 Å². The van der Waals surface area contributed by atoms with E-state index in [0.29, 0.717) is 6.61 Å². The maximum atomic E-state index is 12.2. The molecule has 0 aromatic rings. The molecular weight excluding hydrogens is 244 g/mol. The van der Waals surface area contributed by atoms with Gasteiger partial charge in [-0.05, 0) is 38.0 Å². The number of carbonyl (C=O) groups is 2. The van der Waals surface area contributed by atoms with E-state index in [2.05, 4.69) is 0 Å². The third-order valence-electron chi connectivity index (χ3n) is 4.61. The lowest BCUT2D eigenvalue weighted by molar-refractivity contribution is -0.159. The van der Waals surface area contributed by atoms with Gasteiger partial charge >= 0.3 is 11.9 Å². The first-order valence-electron chi connectivity index (χ1n) is 6.91. The molecule has 2 bridgehead atoms. The van der Waals surface area contributed by atoms with Crippen molar-refractivity contribution >= 4 is 11.9 Å². The molecule has 4 heteroatoms. The standard InChI is InChI=1S/C15H22O4/c1-7(2)6-19-15(18)13-11-5-10(8(3)9(11)4)12(13)14(16)17/h7,10-13H,5-6H2,1-4H3,(H,16,17). The number of allylic oxidation sites excluding steroid dienone is 2. The summed E-state index contributed by atoms with van der Waals surface area (Å²) in [6.07, 6.45) is 0.788. The van der Waals surface area contributed by atoms with Crippen molar-refractivity contribution in [2.24, 2.45) is 29.6 Å². The van der Waals surface area contributed by atoms with E-state index in [1.54, 1.807) is 0 Å². The van der Waals surface area contributed by atoms with Gasteiger partial charge in [-0.1, -0.05) is 25.0 Å². The fourth-order valence-electron chi connectivity index (χ4n) is 3.53. The van der Waals surface area contributed by atoms with E-state index >= 15 is 0 Å². The Bertz CT molecular complexity index is 435. The van der Waals surface area contributed by atoms with E-state index in [4.69, 9.17) is 4.74 Å². The quantitative estimate of drug-likeness (QED) is 0.627. The molecule has 4 unspecified atom stereocenters. The van der Waals surface area contributed by atoms with E-state index in [1.807, 2.05) is 27.7 Å². The highest BCUT2D eigenvalue weighted by molar-refractivity contribution is 5.84. The number of hydrogen-bond donors (Lipinski definition) is 1. The number of carbonyl (C=O) groups excluding carboxylic acids is 1. The molecule has 0 aromatic heterocycles. The van der Waals surface area contributed by atoms with Gasteiger partial charge in [0.25, 0.3) is 0 Å². The van der Waals surface area contributed by atoms with Crippen LogP contribution in [0.5, 0.6) is 0 Å². The Balaban J connectivity index is 2.19. The third-order valence-corrected chi connectivity index (χ3v) is 4.61. The van der Waals surface area contributed by atoms with Crippen LogP contribution in [0.3, 0.4) is 0 Å². The zero-order chi connectivity index (χ0) is 14.3. The van der Waals surface area contributed by atoms with Gasteiger partial charge < -0.3 is 9.84 Å². The van der Waals surface area contributed by atoms with Crippen LogP contribution in [0.25, 0.3) is 0 Å². The Morgan fingerprint density at radius 3 is 2.21 bits per heavy atom. The molecule has 106 valence electrons. The molecule has 0 heterocycles. The first kappa shape index (κ1) is 14.1. The zero-order valence-corrected chi connectivity index (χ0v) is 12.0. The number of hydrogen-bond acceptors (Lipinski definition) is 3. The van der Waals surface area contributed by atoms with Gasteiger partial charge in [0.05, 0.1) is 18.4 Å². The molecule has 2 rings (SSSR count). The topological polar surface area (TPSA) is 63.6 Å². The highest BCUT2D eigenvalue weighted by Gasteiger charge is 2.56. The molecule has 0 spiro atoms. The summed E-state index contributed by atoms with van der Waals surface area (Å²) in [7, 11) is 0. The number of aliphatic carboxylic acids is 1. The van der Waals surface area contributed by atoms with Crippen molar-refractivity contribution < 1.29 is 19.4 Å². The first-order valence-corrected chi connectivity index (χ1v) is 6.91. The second-order valence-electron chi connectivity index (χ2n) is 6.23. The molecule has 0 aromatic carbocycles. The molecule has 0 saturated heterocycles. The molecule has 1 fully saturated rings. The second-order valence-corrected chi connectivity index (χ2v) is 6.23. The van der Waals surface area contributed by atoms with Crippen LogP contribution in [0.2, 0.25) is 0 Å². The van der Waals surface area contributed by atoms with Gasteiger partial charge in [0.1, 0.15) is 0 Å². The summed E-state index contributed by atoms with van der Waals surface area (Å²) in [6.45, 7) is 8.31. The van der Waals surface area contributed by atoms with Crippen molar-refractivity contribution in [1.82, 2.24) is 0 Å². The van der Waals surface area contributed by atoms with Gasteiger partial charge in [0.2, 0.25) is 0 Å². The Labute approximate surface area is 113 Å². The monoisotopic (exact) mass is 266 g/mol. The highest BCUT2D eigenvalue weighted by atomic mass is 16.5.